The lowest BCUT2D eigenvalue weighted by atomic mass is 9.80. The molecule has 4 rings (SSSR count). The van der Waals surface area contributed by atoms with Crippen LogP contribution < -0.4 is 5.73 Å². The summed E-state index contributed by atoms with van der Waals surface area (Å²) in [5.74, 6) is 2.61. The van der Waals surface area contributed by atoms with Crippen molar-refractivity contribution in [2.45, 2.75) is 44.4 Å². The van der Waals surface area contributed by atoms with Crippen LogP contribution in [-0.4, -0.2) is 70.5 Å². The highest BCUT2D eigenvalue weighted by atomic mass is 16.5. The Morgan fingerprint density at radius 3 is 2.32 bits per heavy atom. The predicted molar refractivity (Wildman–Crippen MR) is 109 cm³/mol. The van der Waals surface area contributed by atoms with Gasteiger partial charge in [0.05, 0.1) is 13.2 Å². The number of ether oxygens (including phenoxy) is 1. The smallest absolute Gasteiger partial charge is 0.147 e. The minimum absolute atomic E-state index is 0.318. The highest BCUT2D eigenvalue weighted by Crippen LogP contribution is 2.35. The molecule has 7 nitrogen and oxygen atoms in total. The van der Waals surface area contributed by atoms with Crippen LogP contribution in [0.3, 0.4) is 0 Å². The number of hydrogen-bond acceptors (Lipinski definition) is 6. The minimum atomic E-state index is 0.318. The molecule has 0 unspecified atom stereocenters. The molecule has 7 heteroatoms. The van der Waals surface area contributed by atoms with Crippen LogP contribution in [0.1, 0.15) is 36.0 Å². The Morgan fingerprint density at radius 2 is 1.68 bits per heavy atom. The van der Waals surface area contributed by atoms with Gasteiger partial charge in [-0.1, -0.05) is 30.3 Å². The van der Waals surface area contributed by atoms with Crippen LogP contribution in [0.4, 0.5) is 0 Å². The number of aromatic nitrogens is 3. The molecule has 152 valence electrons. The first-order valence-electron chi connectivity index (χ1n) is 10.4. The number of nitrogens with two attached hydrogens (primary N) is 1. The van der Waals surface area contributed by atoms with Gasteiger partial charge in [0, 0.05) is 58.3 Å². The molecule has 0 bridgehead atoms. The van der Waals surface area contributed by atoms with Crippen molar-refractivity contribution in [3.05, 3.63) is 47.5 Å². The van der Waals surface area contributed by atoms with Gasteiger partial charge in [0.25, 0.3) is 0 Å². The molecule has 2 aromatic rings. The maximum absolute atomic E-state index is 5.99. The van der Waals surface area contributed by atoms with Crippen molar-refractivity contribution in [1.29, 1.82) is 0 Å². The quantitative estimate of drug-likeness (QED) is 0.743. The Kier molecular flexibility index (Phi) is 6.36. The Hall–Kier alpha value is -1.80. The lowest BCUT2D eigenvalue weighted by Gasteiger charge is -2.35. The molecule has 2 fully saturated rings. The van der Waals surface area contributed by atoms with Gasteiger partial charge >= 0.3 is 0 Å². The zero-order valence-electron chi connectivity index (χ0n) is 16.8. The van der Waals surface area contributed by atoms with E-state index in [1.54, 1.807) is 7.11 Å². The lowest BCUT2D eigenvalue weighted by Crippen LogP contribution is -2.45. The van der Waals surface area contributed by atoms with Crippen LogP contribution in [-0.2, 0) is 24.4 Å². The van der Waals surface area contributed by atoms with Gasteiger partial charge in [0.15, 0.2) is 0 Å². The minimum Gasteiger partial charge on any atom is -0.383 e. The summed E-state index contributed by atoms with van der Waals surface area (Å²) in [7, 11) is 1.74. The monoisotopic (exact) mass is 384 g/mol. The van der Waals surface area contributed by atoms with Gasteiger partial charge in [0.1, 0.15) is 11.6 Å². The Labute approximate surface area is 167 Å². The number of methoxy groups -OCH3 is 1. The zero-order valence-corrected chi connectivity index (χ0v) is 16.8. The molecule has 1 aliphatic heterocycles. The second-order valence-corrected chi connectivity index (χ2v) is 8.09. The van der Waals surface area contributed by atoms with Crippen molar-refractivity contribution in [3.63, 3.8) is 0 Å². The molecule has 1 aromatic carbocycles. The van der Waals surface area contributed by atoms with Crippen LogP contribution in [0.2, 0.25) is 0 Å². The topological polar surface area (TPSA) is 72.4 Å². The maximum atomic E-state index is 5.99. The summed E-state index contributed by atoms with van der Waals surface area (Å²) in [5, 5.41) is 9.07. The highest BCUT2D eigenvalue weighted by Gasteiger charge is 2.32. The summed E-state index contributed by atoms with van der Waals surface area (Å²) in [5.41, 5.74) is 7.37. The summed E-state index contributed by atoms with van der Waals surface area (Å²) in [6.45, 7) is 7.69. The van der Waals surface area contributed by atoms with Crippen molar-refractivity contribution >= 4 is 0 Å². The number of piperazine rings is 1. The Morgan fingerprint density at radius 1 is 1.00 bits per heavy atom. The summed E-state index contributed by atoms with van der Waals surface area (Å²) >= 11 is 0. The van der Waals surface area contributed by atoms with E-state index in [0.29, 0.717) is 18.6 Å². The first-order valence-corrected chi connectivity index (χ1v) is 10.4. The van der Waals surface area contributed by atoms with Gasteiger partial charge in [-0.3, -0.25) is 9.80 Å². The first-order chi connectivity index (χ1) is 13.7. The summed E-state index contributed by atoms with van der Waals surface area (Å²) < 4.78 is 7.59. The molecule has 0 atom stereocenters. The maximum Gasteiger partial charge on any atom is 0.147 e. The average molecular weight is 385 g/mol. The third-order valence-corrected chi connectivity index (χ3v) is 5.99. The van der Waals surface area contributed by atoms with Crippen molar-refractivity contribution in [2.75, 3.05) is 39.9 Å². The van der Waals surface area contributed by atoms with Crippen molar-refractivity contribution < 1.29 is 4.74 Å². The second-order valence-electron chi connectivity index (χ2n) is 8.09. The highest BCUT2D eigenvalue weighted by molar-refractivity contribution is 5.14. The summed E-state index contributed by atoms with van der Waals surface area (Å²) in [6.07, 6.45) is 2.03. The Bertz CT molecular complexity index is 735. The fourth-order valence-corrected chi connectivity index (χ4v) is 4.21. The molecule has 0 amide bonds. The number of rotatable bonds is 8. The fourth-order valence-electron chi connectivity index (χ4n) is 4.21. The van der Waals surface area contributed by atoms with Gasteiger partial charge in [-0.15, -0.1) is 10.2 Å². The van der Waals surface area contributed by atoms with E-state index < -0.39 is 0 Å². The van der Waals surface area contributed by atoms with Gasteiger partial charge in [0.2, 0.25) is 0 Å². The van der Waals surface area contributed by atoms with E-state index in [9.17, 15) is 0 Å². The van der Waals surface area contributed by atoms with Crippen molar-refractivity contribution in [2.24, 2.45) is 5.73 Å². The van der Waals surface area contributed by atoms with Gasteiger partial charge < -0.3 is 15.0 Å². The first kappa shape index (κ1) is 19.5. The molecule has 1 aromatic heterocycles. The van der Waals surface area contributed by atoms with Crippen LogP contribution in [0, 0.1) is 0 Å². The molecule has 2 heterocycles. The zero-order chi connectivity index (χ0) is 19.3. The fraction of sp³-hybridized carbons (Fsp3) is 0.619. The normalized spacial score (nSPS) is 23.6. The van der Waals surface area contributed by atoms with Gasteiger partial charge in [-0.05, 0) is 18.4 Å². The van der Waals surface area contributed by atoms with Crippen LogP contribution in [0.15, 0.2) is 30.3 Å². The molecule has 1 aliphatic carbocycles. The van der Waals surface area contributed by atoms with Crippen LogP contribution in [0.5, 0.6) is 0 Å². The van der Waals surface area contributed by atoms with E-state index in [2.05, 4.69) is 54.9 Å². The lowest BCUT2D eigenvalue weighted by molar-refractivity contribution is 0.117. The van der Waals surface area contributed by atoms with Gasteiger partial charge in [-0.2, -0.15) is 0 Å². The predicted octanol–water partition coefficient (Wildman–Crippen LogP) is 1.45. The van der Waals surface area contributed by atoms with Crippen LogP contribution >= 0.6 is 0 Å². The third-order valence-electron chi connectivity index (χ3n) is 5.99. The number of benzene rings is 1. The average Bonchev–Trinajstić information content (AvgIpc) is 3.08. The van der Waals surface area contributed by atoms with Gasteiger partial charge in [-0.25, -0.2) is 0 Å². The molecule has 2 N–H and O–H groups in total. The molecule has 1 saturated carbocycles. The Balaban J connectivity index is 1.34. The standard InChI is InChI=1S/C21H32N6O/c1-28-12-11-27-20(23-24-21(27)18-13-19(22)14-18)16-26-9-7-25(8-10-26)15-17-5-3-2-4-6-17/h2-6,18-19H,7-16,22H2,1H3. The SMILES string of the molecule is COCCn1c(CN2CCN(Cc3ccccc3)CC2)nnc1C1CC(N)C1. The van der Waals surface area contributed by atoms with E-state index in [4.69, 9.17) is 10.5 Å². The largest absolute Gasteiger partial charge is 0.383 e. The summed E-state index contributed by atoms with van der Waals surface area (Å²) in [4.78, 5) is 5.02. The third kappa shape index (κ3) is 4.60. The number of nitrogens with zero attached hydrogens (tertiary/aromatic N) is 5. The van der Waals surface area contributed by atoms with Crippen LogP contribution in [0.25, 0.3) is 0 Å². The van der Waals surface area contributed by atoms with Crippen molar-refractivity contribution in [3.8, 4) is 0 Å². The molecule has 1 saturated heterocycles. The molecular weight excluding hydrogens is 352 g/mol. The molecular formula is C21H32N6O. The van der Waals surface area contributed by atoms with E-state index in [-0.39, 0.29) is 0 Å². The molecule has 2 aliphatic rings. The number of hydrogen-bond donors (Lipinski definition) is 1. The summed E-state index contributed by atoms with van der Waals surface area (Å²) in [6, 6.07) is 11.0. The van der Waals surface area contributed by atoms with Crippen molar-refractivity contribution in [1.82, 2.24) is 24.6 Å². The van der Waals surface area contributed by atoms with E-state index in [0.717, 1.165) is 70.3 Å². The molecule has 28 heavy (non-hydrogen) atoms. The van der Waals surface area contributed by atoms with E-state index >= 15 is 0 Å². The second kappa shape index (κ2) is 9.13. The molecule has 0 spiro atoms. The molecule has 0 radical (unpaired) electrons. The van der Waals surface area contributed by atoms with E-state index in [1.165, 1.54) is 5.56 Å². The van der Waals surface area contributed by atoms with E-state index in [1.807, 2.05) is 0 Å².